The minimum atomic E-state index is -0.405. The number of allylic oxidation sites excluding steroid dienone is 1. The number of ether oxygens (including phenoxy) is 1. The second-order valence-corrected chi connectivity index (χ2v) is 5.08. The summed E-state index contributed by atoms with van der Waals surface area (Å²) in [5, 5.41) is 0. The second kappa shape index (κ2) is 7.41. The number of aromatic nitrogens is 2. The molecule has 0 N–H and O–H groups in total. The molecule has 22 heavy (non-hydrogen) atoms. The summed E-state index contributed by atoms with van der Waals surface area (Å²) < 4.78 is 7.20. The van der Waals surface area contributed by atoms with Gasteiger partial charge in [-0.1, -0.05) is 43.0 Å². The van der Waals surface area contributed by atoms with Gasteiger partial charge < -0.3 is 9.30 Å². The lowest BCUT2D eigenvalue weighted by molar-refractivity contribution is -0.140. The van der Waals surface area contributed by atoms with E-state index in [1.807, 2.05) is 29.0 Å². The first kappa shape index (κ1) is 15.8. The Hall–Kier alpha value is -2.62. The molecule has 0 atom stereocenters. The van der Waals surface area contributed by atoms with Gasteiger partial charge in [0.1, 0.15) is 12.4 Å². The normalized spacial score (nSPS) is 10.2. The number of hydrogen-bond donors (Lipinski definition) is 0. The van der Waals surface area contributed by atoms with Crippen molar-refractivity contribution in [2.24, 2.45) is 0 Å². The molecule has 0 unspecified atom stereocenters. The summed E-state index contributed by atoms with van der Waals surface area (Å²) in [6.45, 7) is 9.73. The average Bonchev–Trinajstić information content (AvgIpc) is 2.88. The van der Waals surface area contributed by atoms with Crippen LogP contribution in [0.1, 0.15) is 24.0 Å². The zero-order chi connectivity index (χ0) is 15.9. The number of benzene rings is 1. The highest BCUT2D eigenvalue weighted by Gasteiger charge is 2.12. The van der Waals surface area contributed by atoms with Crippen molar-refractivity contribution < 1.29 is 9.53 Å². The van der Waals surface area contributed by atoms with Gasteiger partial charge in [0.05, 0.1) is 0 Å². The summed E-state index contributed by atoms with van der Waals surface area (Å²) in [4.78, 5) is 15.9. The largest absolute Gasteiger partial charge is 0.454 e. The summed E-state index contributed by atoms with van der Waals surface area (Å²) in [5.74, 6) is 0.304. The van der Waals surface area contributed by atoms with Crippen LogP contribution in [0.15, 0.2) is 61.3 Å². The van der Waals surface area contributed by atoms with Crippen molar-refractivity contribution in [1.29, 1.82) is 0 Å². The van der Waals surface area contributed by atoms with Crippen molar-refractivity contribution in [1.82, 2.24) is 9.55 Å². The maximum atomic E-state index is 11.5. The first-order chi connectivity index (χ1) is 10.6. The Bertz CT molecular complexity index is 672. The number of hydrogen-bond acceptors (Lipinski definition) is 3. The Morgan fingerprint density at radius 1 is 1.36 bits per heavy atom. The quantitative estimate of drug-likeness (QED) is 0.447. The van der Waals surface area contributed by atoms with Crippen LogP contribution in [-0.2, 0) is 29.1 Å². The van der Waals surface area contributed by atoms with Gasteiger partial charge in [0.2, 0.25) is 0 Å². The molecule has 0 radical (unpaired) electrons. The van der Waals surface area contributed by atoms with Crippen molar-refractivity contribution >= 4 is 5.97 Å². The molecule has 0 aliphatic carbocycles. The molecular weight excluding hydrogens is 276 g/mol. The van der Waals surface area contributed by atoms with E-state index in [1.165, 1.54) is 5.56 Å². The molecule has 2 rings (SSSR count). The van der Waals surface area contributed by atoms with E-state index in [9.17, 15) is 4.79 Å². The molecule has 0 saturated carbocycles. The lowest BCUT2D eigenvalue weighted by Crippen LogP contribution is -2.11. The fourth-order valence-electron chi connectivity index (χ4n) is 2.12. The topological polar surface area (TPSA) is 44.1 Å². The van der Waals surface area contributed by atoms with E-state index in [2.05, 4.69) is 30.3 Å². The van der Waals surface area contributed by atoms with Crippen LogP contribution in [0, 0.1) is 0 Å². The van der Waals surface area contributed by atoms with Crippen LogP contribution < -0.4 is 0 Å². The third kappa shape index (κ3) is 3.95. The van der Waals surface area contributed by atoms with E-state index < -0.39 is 5.97 Å². The van der Waals surface area contributed by atoms with Gasteiger partial charge in [0, 0.05) is 30.4 Å². The van der Waals surface area contributed by atoms with Crippen molar-refractivity contribution in [3.8, 4) is 0 Å². The second-order valence-electron chi connectivity index (χ2n) is 5.08. The maximum Gasteiger partial charge on any atom is 0.333 e. The van der Waals surface area contributed by atoms with Gasteiger partial charge >= 0.3 is 5.97 Å². The summed E-state index contributed by atoms with van der Waals surface area (Å²) in [6.07, 6.45) is 4.40. The van der Waals surface area contributed by atoms with Crippen LogP contribution in [0.25, 0.3) is 0 Å². The molecule has 0 bridgehead atoms. The summed E-state index contributed by atoms with van der Waals surface area (Å²) in [5.41, 5.74) is 2.65. The lowest BCUT2D eigenvalue weighted by Gasteiger charge is -2.10. The van der Waals surface area contributed by atoms with Crippen molar-refractivity contribution in [2.45, 2.75) is 26.5 Å². The number of esters is 1. The van der Waals surface area contributed by atoms with Gasteiger partial charge in [0.25, 0.3) is 0 Å². The highest BCUT2D eigenvalue weighted by Crippen LogP contribution is 2.13. The van der Waals surface area contributed by atoms with Crippen LogP contribution in [-0.4, -0.2) is 15.5 Å². The molecule has 0 fully saturated rings. The molecule has 0 aliphatic rings. The van der Waals surface area contributed by atoms with Crippen molar-refractivity contribution in [3.05, 3.63) is 78.4 Å². The van der Waals surface area contributed by atoms with Crippen molar-refractivity contribution in [3.63, 3.8) is 0 Å². The summed E-state index contributed by atoms with van der Waals surface area (Å²) in [6, 6.07) is 10.2. The molecule has 114 valence electrons. The van der Waals surface area contributed by atoms with Crippen LogP contribution in [0.2, 0.25) is 0 Å². The number of carbonyl (C=O) groups is 1. The van der Waals surface area contributed by atoms with Crippen LogP contribution in [0.4, 0.5) is 0 Å². The Kier molecular flexibility index (Phi) is 5.31. The Labute approximate surface area is 130 Å². The van der Waals surface area contributed by atoms with Gasteiger partial charge in [-0.05, 0) is 12.5 Å². The molecule has 0 spiro atoms. The minimum Gasteiger partial charge on any atom is -0.454 e. The fraction of sp³-hybridized carbons (Fsp3) is 0.222. The van der Waals surface area contributed by atoms with Crippen LogP contribution >= 0.6 is 0 Å². The Morgan fingerprint density at radius 3 is 2.73 bits per heavy atom. The van der Waals surface area contributed by atoms with Gasteiger partial charge in [-0.3, -0.25) is 0 Å². The van der Waals surface area contributed by atoms with Gasteiger partial charge in [0.15, 0.2) is 0 Å². The molecule has 0 amide bonds. The van der Waals surface area contributed by atoms with Gasteiger partial charge in [-0.25, -0.2) is 9.78 Å². The first-order valence-corrected chi connectivity index (χ1v) is 7.12. The lowest BCUT2D eigenvalue weighted by atomic mass is 10.1. The molecule has 0 aliphatic heterocycles. The fourth-order valence-corrected chi connectivity index (χ4v) is 2.12. The third-order valence-corrected chi connectivity index (χ3v) is 3.24. The molecule has 1 aromatic carbocycles. The molecule has 4 heteroatoms. The van der Waals surface area contributed by atoms with Crippen LogP contribution in [0.5, 0.6) is 0 Å². The average molecular weight is 296 g/mol. The van der Waals surface area contributed by atoms with E-state index in [1.54, 1.807) is 13.0 Å². The zero-order valence-corrected chi connectivity index (χ0v) is 12.8. The monoisotopic (exact) mass is 296 g/mol. The smallest absolute Gasteiger partial charge is 0.333 e. The standard InChI is InChI=1S/C18H20N2O2/c1-4-10-20-16(11-15-8-6-5-7-9-15)12-19-17(20)13-22-18(21)14(2)3/h4-9,12H,1-2,10-11,13H2,3H3. The van der Waals surface area contributed by atoms with E-state index in [0.29, 0.717) is 17.9 Å². The van der Waals surface area contributed by atoms with Gasteiger partial charge in [-0.15, -0.1) is 6.58 Å². The molecule has 4 nitrogen and oxygen atoms in total. The molecule has 2 aromatic rings. The minimum absolute atomic E-state index is 0.133. The molecular formula is C18H20N2O2. The predicted octanol–water partition coefficient (Wildman–Crippen LogP) is 3.28. The van der Waals surface area contributed by atoms with E-state index in [-0.39, 0.29) is 6.61 Å². The van der Waals surface area contributed by atoms with Crippen molar-refractivity contribution in [2.75, 3.05) is 0 Å². The van der Waals surface area contributed by atoms with E-state index in [4.69, 9.17) is 4.74 Å². The zero-order valence-electron chi connectivity index (χ0n) is 12.8. The Morgan fingerprint density at radius 2 is 2.09 bits per heavy atom. The highest BCUT2D eigenvalue weighted by molar-refractivity contribution is 5.86. The number of rotatable bonds is 7. The SMILES string of the molecule is C=CCn1c(Cc2ccccc2)cnc1COC(=O)C(=C)C. The maximum absolute atomic E-state index is 11.5. The molecule has 1 heterocycles. The Balaban J connectivity index is 2.16. The summed E-state index contributed by atoms with van der Waals surface area (Å²) in [7, 11) is 0. The first-order valence-electron chi connectivity index (χ1n) is 7.12. The van der Waals surface area contributed by atoms with Crippen LogP contribution in [0.3, 0.4) is 0 Å². The van der Waals surface area contributed by atoms with E-state index >= 15 is 0 Å². The highest BCUT2D eigenvalue weighted by atomic mass is 16.5. The van der Waals surface area contributed by atoms with E-state index in [0.717, 1.165) is 12.1 Å². The molecule has 0 saturated heterocycles. The third-order valence-electron chi connectivity index (χ3n) is 3.24. The summed E-state index contributed by atoms with van der Waals surface area (Å²) >= 11 is 0. The number of imidazole rings is 1. The number of carbonyl (C=O) groups excluding carboxylic acids is 1. The molecule has 1 aromatic heterocycles. The predicted molar refractivity (Wildman–Crippen MR) is 86.3 cm³/mol. The number of nitrogens with zero attached hydrogens (tertiary/aromatic N) is 2. The van der Waals surface area contributed by atoms with Gasteiger partial charge in [-0.2, -0.15) is 0 Å².